The Morgan fingerprint density at radius 2 is 1.96 bits per heavy atom. The normalized spacial score (nSPS) is 11.5. The van der Waals surface area contributed by atoms with Crippen LogP contribution >= 0.6 is 27.5 Å². The predicted octanol–water partition coefficient (Wildman–Crippen LogP) is 6.68. The lowest BCUT2D eigenvalue weighted by Gasteiger charge is -2.03. The van der Waals surface area contributed by atoms with E-state index in [0.29, 0.717) is 17.1 Å². The lowest BCUT2D eigenvalue weighted by Crippen LogP contribution is -1.84. The minimum Gasteiger partial charge on any atom is -0.506 e. The van der Waals surface area contributed by atoms with Gasteiger partial charge in [-0.1, -0.05) is 45.7 Å². The number of rotatable bonds is 3. The molecule has 0 amide bonds. The number of aliphatic imine (C=N–C) groups is 1. The average Bonchev–Trinajstić information content (AvgIpc) is 3.09. The lowest BCUT2D eigenvalue weighted by atomic mass is 10.2. The Labute approximate surface area is 169 Å². The molecule has 4 nitrogen and oxygen atoms in total. The third-order valence-electron chi connectivity index (χ3n) is 4.12. The lowest BCUT2D eigenvalue weighted by molar-refractivity contribution is 0.474. The van der Waals surface area contributed by atoms with Crippen molar-refractivity contribution in [1.82, 2.24) is 4.98 Å². The van der Waals surface area contributed by atoms with Crippen LogP contribution in [-0.4, -0.2) is 16.3 Å². The number of halogens is 2. The Morgan fingerprint density at radius 3 is 2.78 bits per heavy atom. The second kappa shape index (κ2) is 7.18. The zero-order valence-electron chi connectivity index (χ0n) is 14.3. The van der Waals surface area contributed by atoms with Crippen LogP contribution in [-0.2, 0) is 0 Å². The van der Waals surface area contributed by atoms with Crippen molar-refractivity contribution < 1.29 is 9.52 Å². The molecule has 0 saturated heterocycles. The van der Waals surface area contributed by atoms with Crippen LogP contribution in [0.4, 0.5) is 5.69 Å². The Hall–Kier alpha value is -2.63. The Morgan fingerprint density at radius 1 is 1.15 bits per heavy atom. The molecule has 0 aliphatic carbocycles. The number of para-hydroxylation sites is 1. The van der Waals surface area contributed by atoms with Crippen molar-refractivity contribution in [2.75, 3.05) is 0 Å². The van der Waals surface area contributed by atoms with Crippen molar-refractivity contribution in [3.05, 3.63) is 75.2 Å². The molecule has 0 fully saturated rings. The summed E-state index contributed by atoms with van der Waals surface area (Å²) in [5, 5.41) is 10.3. The van der Waals surface area contributed by atoms with E-state index < -0.39 is 0 Å². The SMILES string of the molecule is Cc1cccc2oc(-c3cccc(N=Cc4cc(Br)cc(Cl)c4O)c3)nc12. The highest BCUT2D eigenvalue weighted by Crippen LogP contribution is 2.31. The second-order valence-corrected chi connectivity index (χ2v) is 7.40. The Kier molecular flexibility index (Phi) is 4.72. The summed E-state index contributed by atoms with van der Waals surface area (Å²) >= 11 is 9.36. The molecule has 0 bridgehead atoms. The van der Waals surface area contributed by atoms with Crippen LogP contribution in [0.1, 0.15) is 11.1 Å². The molecule has 0 aliphatic heterocycles. The molecule has 4 rings (SSSR count). The fourth-order valence-corrected chi connectivity index (χ4v) is 3.59. The van der Waals surface area contributed by atoms with Crippen LogP contribution in [0, 0.1) is 6.92 Å². The second-order valence-electron chi connectivity index (χ2n) is 6.07. The summed E-state index contributed by atoms with van der Waals surface area (Å²) in [5.74, 6) is 0.541. The molecule has 0 atom stereocenters. The van der Waals surface area contributed by atoms with Crippen LogP contribution in [0.15, 0.2) is 68.5 Å². The number of aromatic nitrogens is 1. The molecule has 0 unspecified atom stereocenters. The van der Waals surface area contributed by atoms with E-state index >= 15 is 0 Å². The molecular weight excluding hydrogens is 428 g/mol. The summed E-state index contributed by atoms with van der Waals surface area (Å²) in [4.78, 5) is 9.04. The summed E-state index contributed by atoms with van der Waals surface area (Å²) < 4.78 is 6.64. The van der Waals surface area contributed by atoms with E-state index in [-0.39, 0.29) is 10.8 Å². The van der Waals surface area contributed by atoms with E-state index in [1.165, 1.54) is 0 Å². The molecule has 3 aromatic carbocycles. The van der Waals surface area contributed by atoms with Crippen molar-refractivity contribution in [2.24, 2.45) is 4.99 Å². The summed E-state index contributed by atoms with van der Waals surface area (Å²) in [7, 11) is 0. The van der Waals surface area contributed by atoms with E-state index in [9.17, 15) is 5.11 Å². The van der Waals surface area contributed by atoms with Gasteiger partial charge in [0.2, 0.25) is 5.89 Å². The minimum atomic E-state index is -0.00537. The molecule has 0 spiro atoms. The van der Waals surface area contributed by atoms with Gasteiger partial charge >= 0.3 is 0 Å². The summed E-state index contributed by atoms with van der Waals surface area (Å²) in [6.07, 6.45) is 1.57. The molecule has 1 N–H and O–H groups in total. The molecule has 0 radical (unpaired) electrons. The van der Waals surface area contributed by atoms with Crippen molar-refractivity contribution >= 4 is 50.5 Å². The first-order chi connectivity index (χ1) is 13.0. The number of aryl methyl sites for hydroxylation is 1. The van der Waals surface area contributed by atoms with Crippen LogP contribution < -0.4 is 0 Å². The standard InChI is InChI=1S/C21H14BrClN2O2/c1-12-4-2-7-18-19(12)25-21(27-18)13-5-3-6-16(9-13)24-11-14-8-15(22)10-17(23)20(14)26/h2-11,26H,1H3. The average molecular weight is 442 g/mol. The van der Waals surface area contributed by atoms with E-state index in [1.807, 2.05) is 49.4 Å². The van der Waals surface area contributed by atoms with Crippen molar-refractivity contribution in [2.45, 2.75) is 6.92 Å². The maximum atomic E-state index is 10.1. The van der Waals surface area contributed by atoms with Gasteiger partial charge in [-0.2, -0.15) is 0 Å². The third kappa shape index (κ3) is 3.61. The summed E-state index contributed by atoms with van der Waals surface area (Å²) in [5.41, 5.74) is 4.75. The molecule has 4 aromatic rings. The quantitative estimate of drug-likeness (QED) is 0.361. The van der Waals surface area contributed by atoms with E-state index in [0.717, 1.165) is 26.7 Å². The first-order valence-electron chi connectivity index (χ1n) is 8.20. The fraction of sp³-hybridized carbons (Fsp3) is 0.0476. The molecule has 134 valence electrons. The van der Waals surface area contributed by atoms with Crippen LogP contribution in [0.25, 0.3) is 22.6 Å². The number of phenolic OH excluding ortho intramolecular Hbond substituents is 1. The predicted molar refractivity (Wildman–Crippen MR) is 112 cm³/mol. The molecule has 0 aliphatic rings. The highest BCUT2D eigenvalue weighted by Gasteiger charge is 2.10. The number of fused-ring (bicyclic) bond motifs is 1. The van der Waals surface area contributed by atoms with Gasteiger partial charge in [-0.15, -0.1) is 0 Å². The van der Waals surface area contributed by atoms with Gasteiger partial charge in [0.05, 0.1) is 10.7 Å². The number of benzene rings is 3. The number of aromatic hydroxyl groups is 1. The van der Waals surface area contributed by atoms with Crippen molar-refractivity contribution in [3.8, 4) is 17.2 Å². The van der Waals surface area contributed by atoms with E-state index in [1.54, 1.807) is 18.3 Å². The molecular formula is C21H14BrClN2O2. The van der Waals surface area contributed by atoms with Crippen LogP contribution in [0.5, 0.6) is 5.75 Å². The zero-order valence-corrected chi connectivity index (χ0v) is 16.6. The zero-order chi connectivity index (χ0) is 19.0. The smallest absolute Gasteiger partial charge is 0.227 e. The van der Waals surface area contributed by atoms with Gasteiger partial charge < -0.3 is 9.52 Å². The Bertz CT molecular complexity index is 1180. The number of nitrogens with zero attached hydrogens (tertiary/aromatic N) is 2. The Balaban J connectivity index is 1.69. The van der Waals surface area contributed by atoms with Gasteiger partial charge in [0.25, 0.3) is 0 Å². The monoisotopic (exact) mass is 440 g/mol. The molecule has 1 heterocycles. The van der Waals surface area contributed by atoms with E-state index in [4.69, 9.17) is 16.0 Å². The number of oxazole rings is 1. The van der Waals surface area contributed by atoms with Gasteiger partial charge in [-0.25, -0.2) is 4.98 Å². The molecule has 0 saturated carbocycles. The number of phenols is 1. The number of hydrogen-bond acceptors (Lipinski definition) is 4. The maximum absolute atomic E-state index is 10.1. The van der Waals surface area contributed by atoms with Gasteiger partial charge in [0.1, 0.15) is 11.3 Å². The highest BCUT2D eigenvalue weighted by atomic mass is 79.9. The minimum absolute atomic E-state index is 0.00537. The van der Waals surface area contributed by atoms with Crippen molar-refractivity contribution in [1.29, 1.82) is 0 Å². The van der Waals surface area contributed by atoms with Gasteiger partial charge in [-0.3, -0.25) is 4.99 Å². The molecule has 27 heavy (non-hydrogen) atoms. The third-order valence-corrected chi connectivity index (χ3v) is 4.87. The van der Waals surface area contributed by atoms with E-state index in [2.05, 4.69) is 25.9 Å². The topological polar surface area (TPSA) is 58.6 Å². The van der Waals surface area contributed by atoms with Crippen LogP contribution in [0.2, 0.25) is 5.02 Å². The first-order valence-corrected chi connectivity index (χ1v) is 9.37. The highest BCUT2D eigenvalue weighted by molar-refractivity contribution is 9.10. The summed E-state index contributed by atoms with van der Waals surface area (Å²) in [6.45, 7) is 2.00. The fourth-order valence-electron chi connectivity index (χ4n) is 2.76. The number of hydrogen-bond donors (Lipinski definition) is 1. The largest absolute Gasteiger partial charge is 0.506 e. The van der Waals surface area contributed by atoms with Gasteiger partial charge in [0, 0.05) is 21.8 Å². The van der Waals surface area contributed by atoms with Gasteiger partial charge in [0.15, 0.2) is 5.58 Å². The molecule has 1 aromatic heterocycles. The van der Waals surface area contributed by atoms with Crippen molar-refractivity contribution in [3.63, 3.8) is 0 Å². The first kappa shape index (κ1) is 17.8. The maximum Gasteiger partial charge on any atom is 0.227 e. The molecule has 6 heteroatoms. The van der Waals surface area contributed by atoms with Crippen LogP contribution in [0.3, 0.4) is 0 Å². The summed E-state index contributed by atoms with van der Waals surface area (Å²) in [6, 6.07) is 16.8. The van der Waals surface area contributed by atoms with Gasteiger partial charge in [-0.05, 0) is 48.9 Å².